The maximum atomic E-state index is 12.9. The molecule has 0 bridgehead atoms. The van der Waals surface area contributed by atoms with Gasteiger partial charge in [-0.2, -0.15) is 0 Å². The maximum Gasteiger partial charge on any atom is 0.246 e. The van der Waals surface area contributed by atoms with Crippen LogP contribution in [0.25, 0.3) is 6.08 Å². The van der Waals surface area contributed by atoms with Crippen LogP contribution in [-0.2, 0) is 22.5 Å². The number of ether oxygens (including phenoxy) is 1. The van der Waals surface area contributed by atoms with Crippen molar-refractivity contribution in [2.45, 2.75) is 31.8 Å². The van der Waals surface area contributed by atoms with Crippen molar-refractivity contribution in [2.24, 2.45) is 5.92 Å². The van der Waals surface area contributed by atoms with Crippen LogP contribution in [0.1, 0.15) is 29.5 Å². The number of rotatable bonds is 11. The lowest BCUT2D eigenvalue weighted by Crippen LogP contribution is -2.48. The highest BCUT2D eigenvalue weighted by atomic mass is 16.5. The minimum Gasteiger partial charge on any atom is -0.383 e. The van der Waals surface area contributed by atoms with E-state index in [0.717, 1.165) is 51.0 Å². The van der Waals surface area contributed by atoms with Crippen molar-refractivity contribution in [3.8, 4) is 0 Å². The van der Waals surface area contributed by atoms with Crippen LogP contribution < -0.4 is 0 Å². The van der Waals surface area contributed by atoms with Crippen LogP contribution in [0.4, 0.5) is 0 Å². The number of hydrogen-bond acceptors (Lipinski definition) is 4. The Morgan fingerprint density at radius 3 is 2.39 bits per heavy atom. The lowest BCUT2D eigenvalue weighted by Gasteiger charge is -2.41. The van der Waals surface area contributed by atoms with E-state index < -0.39 is 0 Å². The SMILES string of the molecule is COCCN(Cc1cccnc1)C(Cc1ccccc1)C1CCN(C(=O)/C=C/c2ccccc2)CC1. The molecule has 188 valence electrons. The van der Waals surface area contributed by atoms with Crippen molar-refractivity contribution >= 4 is 12.0 Å². The molecule has 2 heterocycles. The van der Waals surface area contributed by atoms with Crippen LogP contribution in [0.5, 0.6) is 0 Å². The van der Waals surface area contributed by atoms with Crippen LogP contribution in [0.3, 0.4) is 0 Å². The third-order valence-corrected chi connectivity index (χ3v) is 7.06. The lowest BCUT2D eigenvalue weighted by atomic mass is 9.84. The topological polar surface area (TPSA) is 45.7 Å². The van der Waals surface area contributed by atoms with Crippen LogP contribution >= 0.6 is 0 Å². The van der Waals surface area contributed by atoms with Crippen LogP contribution in [0.2, 0.25) is 0 Å². The number of methoxy groups -OCH3 is 1. The largest absolute Gasteiger partial charge is 0.383 e. The average Bonchev–Trinajstić information content (AvgIpc) is 2.94. The Morgan fingerprint density at radius 1 is 1.03 bits per heavy atom. The quantitative estimate of drug-likeness (QED) is 0.356. The number of aromatic nitrogens is 1. The van der Waals surface area contributed by atoms with Crippen molar-refractivity contribution in [1.29, 1.82) is 0 Å². The van der Waals surface area contributed by atoms with Crippen molar-refractivity contribution in [2.75, 3.05) is 33.4 Å². The van der Waals surface area contributed by atoms with Crippen molar-refractivity contribution in [1.82, 2.24) is 14.8 Å². The first-order valence-electron chi connectivity index (χ1n) is 12.9. The number of hydrogen-bond donors (Lipinski definition) is 0. The molecule has 0 aliphatic carbocycles. The van der Waals surface area contributed by atoms with Gasteiger partial charge < -0.3 is 9.64 Å². The lowest BCUT2D eigenvalue weighted by molar-refractivity contribution is -0.127. The fourth-order valence-corrected chi connectivity index (χ4v) is 5.09. The summed E-state index contributed by atoms with van der Waals surface area (Å²) in [5, 5.41) is 0. The number of amides is 1. The minimum absolute atomic E-state index is 0.100. The van der Waals surface area contributed by atoms with Crippen molar-refractivity contribution in [3.63, 3.8) is 0 Å². The molecule has 5 nitrogen and oxygen atoms in total. The van der Waals surface area contributed by atoms with Crippen LogP contribution in [-0.4, -0.2) is 60.1 Å². The van der Waals surface area contributed by atoms with E-state index in [1.807, 2.05) is 59.8 Å². The van der Waals surface area contributed by atoms with Crippen LogP contribution in [0, 0.1) is 5.92 Å². The smallest absolute Gasteiger partial charge is 0.246 e. The summed E-state index contributed by atoms with van der Waals surface area (Å²) >= 11 is 0. The highest BCUT2D eigenvalue weighted by molar-refractivity contribution is 5.91. The molecule has 0 radical (unpaired) electrons. The summed E-state index contributed by atoms with van der Waals surface area (Å²) in [6.07, 6.45) is 10.4. The van der Waals surface area contributed by atoms with Gasteiger partial charge >= 0.3 is 0 Å². The van der Waals surface area contributed by atoms with Gasteiger partial charge in [-0.3, -0.25) is 14.7 Å². The first-order chi connectivity index (χ1) is 17.7. The second-order valence-corrected chi connectivity index (χ2v) is 9.49. The third kappa shape index (κ3) is 7.61. The molecule has 0 saturated carbocycles. The number of carbonyl (C=O) groups excluding carboxylic acids is 1. The summed E-state index contributed by atoms with van der Waals surface area (Å²) < 4.78 is 5.49. The average molecular weight is 484 g/mol. The number of piperidine rings is 1. The monoisotopic (exact) mass is 483 g/mol. The summed E-state index contributed by atoms with van der Waals surface area (Å²) in [7, 11) is 1.77. The molecule has 1 amide bonds. The molecule has 1 atom stereocenters. The summed E-state index contributed by atoms with van der Waals surface area (Å²) in [5.74, 6) is 0.601. The molecule has 1 saturated heterocycles. The molecule has 0 N–H and O–H groups in total. The molecular formula is C31H37N3O2. The van der Waals surface area contributed by atoms with E-state index in [1.54, 1.807) is 13.2 Å². The fourth-order valence-electron chi connectivity index (χ4n) is 5.09. The summed E-state index contributed by atoms with van der Waals surface area (Å²) in [6.45, 7) is 3.97. The Hall–Kier alpha value is -3.28. The van der Waals surface area contributed by atoms with E-state index in [0.29, 0.717) is 18.6 Å². The molecule has 1 aromatic heterocycles. The predicted octanol–water partition coefficient (Wildman–Crippen LogP) is 5.09. The molecule has 5 heteroatoms. The number of nitrogens with zero attached hydrogens (tertiary/aromatic N) is 3. The number of benzene rings is 2. The fraction of sp³-hybridized carbons (Fsp3) is 0.355. The van der Waals surface area contributed by atoms with Gasteiger partial charge in [0.1, 0.15) is 0 Å². The van der Waals surface area contributed by atoms with Gasteiger partial charge in [-0.15, -0.1) is 0 Å². The number of likely N-dealkylation sites (tertiary alicyclic amines) is 1. The van der Waals surface area contributed by atoms with Gasteiger partial charge in [-0.05, 0) is 54.0 Å². The molecule has 2 aromatic carbocycles. The Labute approximate surface area is 215 Å². The van der Waals surface area contributed by atoms with Gasteiger partial charge in [0.25, 0.3) is 0 Å². The zero-order chi connectivity index (χ0) is 25.0. The molecular weight excluding hydrogens is 446 g/mol. The van der Waals surface area contributed by atoms with E-state index in [2.05, 4.69) is 46.3 Å². The molecule has 4 rings (SSSR count). The predicted molar refractivity (Wildman–Crippen MR) is 145 cm³/mol. The molecule has 1 unspecified atom stereocenters. The van der Waals surface area contributed by atoms with Gasteiger partial charge in [-0.1, -0.05) is 66.7 Å². The Morgan fingerprint density at radius 2 is 1.72 bits per heavy atom. The van der Waals surface area contributed by atoms with Crippen molar-refractivity contribution < 1.29 is 9.53 Å². The summed E-state index contributed by atoms with van der Waals surface area (Å²) in [6, 6.07) is 25.3. The van der Waals surface area contributed by atoms with Gasteiger partial charge in [0.05, 0.1) is 6.61 Å². The van der Waals surface area contributed by atoms with E-state index in [4.69, 9.17) is 4.74 Å². The van der Waals surface area contributed by atoms with E-state index >= 15 is 0 Å². The number of pyridine rings is 1. The van der Waals surface area contributed by atoms with Gasteiger partial charge in [0, 0.05) is 57.8 Å². The molecule has 0 spiro atoms. The summed E-state index contributed by atoms with van der Waals surface area (Å²) in [4.78, 5) is 21.8. The highest BCUT2D eigenvalue weighted by Gasteiger charge is 2.32. The zero-order valence-corrected chi connectivity index (χ0v) is 21.2. The first-order valence-corrected chi connectivity index (χ1v) is 12.9. The summed E-state index contributed by atoms with van der Waals surface area (Å²) in [5.41, 5.74) is 3.61. The molecule has 1 aliphatic heterocycles. The third-order valence-electron chi connectivity index (χ3n) is 7.06. The van der Waals surface area contributed by atoms with Gasteiger partial charge in [0.15, 0.2) is 0 Å². The molecule has 1 aliphatic rings. The maximum absolute atomic E-state index is 12.9. The second-order valence-electron chi connectivity index (χ2n) is 9.49. The van der Waals surface area contributed by atoms with E-state index in [9.17, 15) is 4.79 Å². The highest BCUT2D eigenvalue weighted by Crippen LogP contribution is 2.28. The molecule has 3 aromatic rings. The Kier molecular flexibility index (Phi) is 9.83. The second kappa shape index (κ2) is 13.7. The standard InChI is InChI=1S/C31H37N3O2/c1-36-22-21-34(25-28-13-8-18-32-24-28)30(23-27-11-6-3-7-12-27)29-16-19-33(20-17-29)31(35)15-14-26-9-4-2-5-10-26/h2-15,18,24,29-30H,16-17,19-23,25H2,1H3/b15-14+. The number of carbonyl (C=O) groups is 1. The van der Waals surface area contributed by atoms with Crippen molar-refractivity contribution in [3.05, 3.63) is 108 Å². The normalized spacial score (nSPS) is 15.4. The molecule has 36 heavy (non-hydrogen) atoms. The van der Waals surface area contributed by atoms with Crippen LogP contribution in [0.15, 0.2) is 91.3 Å². The van der Waals surface area contributed by atoms with Gasteiger partial charge in [0.2, 0.25) is 5.91 Å². The zero-order valence-electron chi connectivity index (χ0n) is 21.2. The minimum atomic E-state index is 0.100. The van der Waals surface area contributed by atoms with E-state index in [-0.39, 0.29) is 5.91 Å². The molecule has 1 fully saturated rings. The first kappa shape index (κ1) is 25.8. The Bertz CT molecular complexity index is 1060. The Balaban J connectivity index is 1.46. The van der Waals surface area contributed by atoms with E-state index in [1.165, 1.54) is 11.1 Å². The van der Waals surface area contributed by atoms with Gasteiger partial charge in [-0.25, -0.2) is 0 Å².